The zero-order valence-electron chi connectivity index (χ0n) is 22.9. The molecule has 12 nitrogen and oxygen atoms in total. The van der Waals surface area contributed by atoms with E-state index in [1.807, 2.05) is 25.3 Å². The van der Waals surface area contributed by atoms with Gasteiger partial charge in [0.25, 0.3) is 5.91 Å². The molecule has 0 radical (unpaired) electrons. The van der Waals surface area contributed by atoms with Crippen LogP contribution in [0.1, 0.15) is 74.0 Å². The summed E-state index contributed by atoms with van der Waals surface area (Å²) in [6.45, 7) is 12.8. The minimum atomic E-state index is -0.624. The van der Waals surface area contributed by atoms with E-state index in [4.69, 9.17) is 15.2 Å². The van der Waals surface area contributed by atoms with Crippen LogP contribution in [0.25, 0.3) is 11.0 Å². The van der Waals surface area contributed by atoms with E-state index in [1.165, 1.54) is 0 Å². The minimum Gasteiger partial charge on any atom is -0.491 e. The summed E-state index contributed by atoms with van der Waals surface area (Å²) in [4.78, 5) is 41.6. The molecule has 0 aliphatic rings. The quantitative estimate of drug-likeness (QED) is 0.322. The van der Waals surface area contributed by atoms with Crippen LogP contribution < -0.4 is 21.1 Å². The van der Waals surface area contributed by atoms with Crippen molar-refractivity contribution < 1.29 is 23.9 Å². The summed E-state index contributed by atoms with van der Waals surface area (Å²) in [5, 5.41) is 9.92. The van der Waals surface area contributed by atoms with Gasteiger partial charge in [0.05, 0.1) is 17.8 Å². The fourth-order valence-corrected chi connectivity index (χ4v) is 3.91. The number of rotatable bonds is 11. The van der Waals surface area contributed by atoms with Crippen molar-refractivity contribution in [2.24, 2.45) is 5.73 Å². The van der Waals surface area contributed by atoms with Gasteiger partial charge in [-0.2, -0.15) is 5.10 Å². The van der Waals surface area contributed by atoms with Crippen molar-refractivity contribution in [3.05, 3.63) is 35.2 Å². The Kier molecular flexibility index (Phi) is 8.97. The zero-order chi connectivity index (χ0) is 28.0. The number of benzene rings is 1. The number of nitrogens with one attached hydrogen (secondary N) is 2. The smallest absolute Gasteiger partial charge is 0.407 e. The molecule has 0 fully saturated rings. The predicted octanol–water partition coefficient (Wildman–Crippen LogP) is 3.62. The second-order valence-electron chi connectivity index (χ2n) is 9.86. The number of aromatic nitrogens is 4. The van der Waals surface area contributed by atoms with Crippen LogP contribution in [0.4, 0.5) is 10.7 Å². The maximum Gasteiger partial charge on any atom is 0.407 e. The summed E-state index contributed by atoms with van der Waals surface area (Å²) in [7, 11) is 0. The first-order chi connectivity index (χ1) is 17.9. The van der Waals surface area contributed by atoms with Gasteiger partial charge in [0.1, 0.15) is 22.6 Å². The van der Waals surface area contributed by atoms with Gasteiger partial charge in [-0.15, -0.1) is 0 Å². The monoisotopic (exact) mass is 527 g/mol. The average molecular weight is 528 g/mol. The predicted molar refractivity (Wildman–Crippen MR) is 143 cm³/mol. The molecule has 4 N–H and O–H groups in total. The van der Waals surface area contributed by atoms with E-state index in [-0.39, 0.29) is 18.1 Å². The van der Waals surface area contributed by atoms with Gasteiger partial charge in [0.15, 0.2) is 0 Å². The number of nitrogens with zero attached hydrogens (tertiary/aromatic N) is 4. The van der Waals surface area contributed by atoms with Crippen molar-refractivity contribution >= 4 is 34.9 Å². The molecule has 0 aliphatic carbocycles. The molecule has 12 heteroatoms. The first-order valence-electron chi connectivity index (χ1n) is 12.7. The number of anilines is 1. The van der Waals surface area contributed by atoms with Gasteiger partial charge >= 0.3 is 6.09 Å². The summed E-state index contributed by atoms with van der Waals surface area (Å²) >= 11 is 0. The Hall–Kier alpha value is -4.09. The van der Waals surface area contributed by atoms with Gasteiger partial charge < -0.3 is 25.1 Å². The number of alkyl carbamates (subject to hydrolysis) is 1. The lowest BCUT2D eigenvalue weighted by atomic mass is 10.1. The van der Waals surface area contributed by atoms with Crippen LogP contribution in [-0.4, -0.2) is 56.0 Å². The van der Waals surface area contributed by atoms with Crippen molar-refractivity contribution in [2.45, 2.75) is 73.1 Å². The Labute approximate surface area is 221 Å². The Balaban J connectivity index is 1.86. The van der Waals surface area contributed by atoms with E-state index in [1.54, 1.807) is 43.7 Å². The number of hydrogen-bond donors (Lipinski definition) is 3. The van der Waals surface area contributed by atoms with Gasteiger partial charge in [-0.25, -0.2) is 9.78 Å². The topological polar surface area (TPSA) is 155 Å². The maximum absolute atomic E-state index is 13.1. The van der Waals surface area contributed by atoms with E-state index in [9.17, 15) is 14.4 Å². The Morgan fingerprint density at radius 1 is 1.13 bits per heavy atom. The largest absolute Gasteiger partial charge is 0.491 e. The maximum atomic E-state index is 13.1. The van der Waals surface area contributed by atoms with E-state index in [2.05, 4.69) is 20.7 Å². The molecule has 0 bridgehead atoms. The highest BCUT2D eigenvalue weighted by molar-refractivity contribution is 6.04. The van der Waals surface area contributed by atoms with Crippen LogP contribution >= 0.6 is 0 Å². The number of fused-ring (bicyclic) bond motifs is 1. The van der Waals surface area contributed by atoms with Crippen LogP contribution in [0, 0.1) is 6.92 Å². The number of ether oxygens (including phenoxy) is 2. The lowest BCUT2D eigenvalue weighted by molar-refractivity contribution is 0.0525. The highest BCUT2D eigenvalue weighted by atomic mass is 16.6. The highest BCUT2D eigenvalue weighted by Crippen LogP contribution is 2.31. The molecule has 2 aromatic heterocycles. The fraction of sp³-hybridized carbons (Fsp3) is 0.500. The number of amides is 3. The lowest BCUT2D eigenvalue weighted by Crippen LogP contribution is -2.33. The average Bonchev–Trinajstić information content (AvgIpc) is 3.37. The molecular formula is C26H37N7O5. The normalized spacial score (nSPS) is 11.4. The van der Waals surface area contributed by atoms with Crippen LogP contribution in [0.5, 0.6) is 5.75 Å². The lowest BCUT2D eigenvalue weighted by Gasteiger charge is -2.19. The standard InChI is InChI=1S/C26H37N7O5/c1-7-11-32-21-18(29-24(32)30-23(35)19-13-16(3)31-33(19)8-2)14-17(22(27)34)15-20(21)37-12-9-10-28-25(36)38-26(4,5)6/h13-15H,7-12H2,1-6H3,(H2,27,34)(H,28,36)(H,29,30,35). The first-order valence-corrected chi connectivity index (χ1v) is 12.7. The molecule has 38 heavy (non-hydrogen) atoms. The number of carbonyl (C=O) groups excluding carboxylic acids is 3. The molecule has 3 aromatic rings. The van der Waals surface area contributed by atoms with Crippen LogP contribution in [0.3, 0.4) is 0 Å². The fourth-order valence-electron chi connectivity index (χ4n) is 3.91. The summed E-state index contributed by atoms with van der Waals surface area (Å²) in [6.07, 6.45) is 0.751. The summed E-state index contributed by atoms with van der Waals surface area (Å²) < 4.78 is 14.7. The Morgan fingerprint density at radius 3 is 2.50 bits per heavy atom. The van der Waals surface area contributed by atoms with E-state index >= 15 is 0 Å². The van der Waals surface area contributed by atoms with Gasteiger partial charge in [-0.05, 0) is 65.7 Å². The number of nitrogens with two attached hydrogens (primary N) is 1. The molecule has 3 amide bonds. The summed E-state index contributed by atoms with van der Waals surface area (Å²) in [6, 6.07) is 4.87. The Morgan fingerprint density at radius 2 is 1.87 bits per heavy atom. The second kappa shape index (κ2) is 12.0. The van der Waals surface area contributed by atoms with Gasteiger partial charge in [-0.1, -0.05) is 6.92 Å². The van der Waals surface area contributed by atoms with E-state index in [0.29, 0.717) is 54.5 Å². The van der Waals surface area contributed by atoms with Crippen LogP contribution in [0.2, 0.25) is 0 Å². The SMILES string of the molecule is CCCn1c(NC(=O)c2cc(C)nn2CC)nc2cc(C(N)=O)cc(OCCCNC(=O)OC(C)(C)C)c21. The van der Waals surface area contributed by atoms with Crippen molar-refractivity contribution in [2.75, 3.05) is 18.5 Å². The molecule has 3 rings (SSSR count). The van der Waals surface area contributed by atoms with Crippen LogP contribution in [0.15, 0.2) is 18.2 Å². The Bertz CT molecular complexity index is 1320. The molecule has 0 atom stereocenters. The third-order valence-corrected chi connectivity index (χ3v) is 5.45. The first kappa shape index (κ1) is 28.5. The number of aryl methyl sites for hydroxylation is 3. The molecule has 2 heterocycles. The molecule has 0 saturated carbocycles. The number of hydrogen-bond acceptors (Lipinski definition) is 7. The minimum absolute atomic E-state index is 0.234. The van der Waals surface area contributed by atoms with Crippen molar-refractivity contribution in [1.29, 1.82) is 0 Å². The number of imidazole rings is 1. The highest BCUT2D eigenvalue weighted by Gasteiger charge is 2.22. The number of carbonyl (C=O) groups is 3. The third kappa shape index (κ3) is 7.02. The molecule has 0 aliphatic heterocycles. The third-order valence-electron chi connectivity index (χ3n) is 5.45. The van der Waals surface area contributed by atoms with Gasteiger partial charge in [-0.3, -0.25) is 19.6 Å². The molecule has 0 spiro atoms. The molecule has 206 valence electrons. The van der Waals surface area contributed by atoms with Crippen molar-refractivity contribution in [3.63, 3.8) is 0 Å². The van der Waals surface area contributed by atoms with Gasteiger partial charge in [0.2, 0.25) is 11.9 Å². The second-order valence-corrected chi connectivity index (χ2v) is 9.86. The molecule has 0 unspecified atom stereocenters. The van der Waals surface area contributed by atoms with Crippen molar-refractivity contribution in [1.82, 2.24) is 24.6 Å². The summed E-state index contributed by atoms with van der Waals surface area (Å²) in [5.74, 6) is -0.233. The van der Waals surface area contributed by atoms with Crippen LogP contribution in [-0.2, 0) is 17.8 Å². The van der Waals surface area contributed by atoms with Gasteiger partial charge in [0, 0.05) is 25.2 Å². The zero-order valence-corrected chi connectivity index (χ0v) is 22.9. The summed E-state index contributed by atoms with van der Waals surface area (Å²) in [5.41, 5.74) is 7.47. The number of primary amides is 1. The molecule has 0 saturated heterocycles. The van der Waals surface area contributed by atoms with E-state index < -0.39 is 17.6 Å². The van der Waals surface area contributed by atoms with Crippen molar-refractivity contribution in [3.8, 4) is 5.75 Å². The van der Waals surface area contributed by atoms with E-state index in [0.717, 1.165) is 12.1 Å². The molecular weight excluding hydrogens is 490 g/mol. The molecule has 1 aromatic carbocycles.